The lowest BCUT2D eigenvalue weighted by Crippen LogP contribution is -2.66. The minimum atomic E-state index is -2.62. The molecule has 5 heteroatoms. The first-order valence-electron chi connectivity index (χ1n) is 13.1. The van der Waals surface area contributed by atoms with E-state index in [1.54, 1.807) is 0 Å². The number of hydrogen-bond acceptors (Lipinski definition) is 3. The molecule has 0 amide bonds. The first kappa shape index (κ1) is 28.0. The molecule has 2 aromatic rings. The maximum absolute atomic E-state index is 13.2. The fraction of sp³-hybridized carbons (Fsp3) is 0.567. The molecule has 0 heterocycles. The molecule has 0 radical (unpaired) electrons. The van der Waals surface area contributed by atoms with E-state index in [2.05, 4.69) is 122 Å². The van der Waals surface area contributed by atoms with Crippen LogP contribution in [0.25, 0.3) is 0 Å². The van der Waals surface area contributed by atoms with Crippen LogP contribution in [0.2, 0.25) is 23.2 Å². The van der Waals surface area contributed by atoms with Crippen LogP contribution in [0.4, 0.5) is 0 Å². The first-order chi connectivity index (χ1) is 16.2. The summed E-state index contributed by atoms with van der Waals surface area (Å²) in [6.07, 6.45) is 2.09. The van der Waals surface area contributed by atoms with Crippen LogP contribution in [0.3, 0.4) is 0 Å². The molecule has 3 rings (SSSR count). The second-order valence-electron chi connectivity index (χ2n) is 13.0. The molecule has 0 bridgehead atoms. The number of Topliss-reactive ketones (excluding diaryl/α,β-unsaturated/α-hetero) is 1. The molecule has 1 aliphatic carbocycles. The van der Waals surface area contributed by atoms with Crippen LogP contribution in [0.5, 0.6) is 0 Å². The largest absolute Gasteiger partial charge is 0.413 e. The number of hydrogen-bond donors (Lipinski definition) is 0. The number of carbonyl (C=O) groups is 1. The minimum Gasteiger partial charge on any atom is -0.413 e. The van der Waals surface area contributed by atoms with Crippen LogP contribution in [0.15, 0.2) is 60.7 Å². The van der Waals surface area contributed by atoms with E-state index in [4.69, 9.17) is 8.85 Å². The van der Waals surface area contributed by atoms with Crippen LogP contribution in [0.1, 0.15) is 67.7 Å². The first-order valence-corrected chi connectivity index (χ1v) is 17.9. The van der Waals surface area contributed by atoms with Crippen molar-refractivity contribution in [2.45, 2.75) is 97.0 Å². The van der Waals surface area contributed by atoms with Gasteiger partial charge in [0.05, 0.1) is 11.5 Å². The van der Waals surface area contributed by atoms with Crippen LogP contribution < -0.4 is 10.4 Å². The number of rotatable bonds is 8. The molecular weight excluding hydrogens is 464 g/mol. The third-order valence-electron chi connectivity index (χ3n) is 8.58. The lowest BCUT2D eigenvalue weighted by atomic mass is 9.82. The highest BCUT2D eigenvalue weighted by Gasteiger charge is 2.53. The molecule has 2 aromatic carbocycles. The molecule has 0 unspecified atom stereocenters. The van der Waals surface area contributed by atoms with Gasteiger partial charge >= 0.3 is 0 Å². The monoisotopic (exact) mass is 510 g/mol. The van der Waals surface area contributed by atoms with E-state index < -0.39 is 22.0 Å². The van der Waals surface area contributed by atoms with Gasteiger partial charge in [-0.15, -0.1) is 0 Å². The summed E-state index contributed by atoms with van der Waals surface area (Å²) in [6.45, 7) is 20.9. The van der Waals surface area contributed by atoms with E-state index in [0.717, 1.165) is 6.42 Å². The van der Waals surface area contributed by atoms with Gasteiger partial charge in [0.15, 0.2) is 8.32 Å². The standard InChI is InChI=1S/C30H46O3Si2/c1-28(2,3)34(8,9)33-27-21-20-26(31)30(27,7)22-23-32-35(29(4,5)6,24-16-12-10-13-17-24)25-18-14-11-15-19-25/h10-19,27H,20-23H2,1-9H3/t27-,30+/m0/s1. The Labute approximate surface area is 215 Å². The van der Waals surface area contributed by atoms with Crippen molar-refractivity contribution in [1.29, 1.82) is 0 Å². The average molecular weight is 511 g/mol. The SMILES string of the molecule is CC(C)(C)[Si](C)(C)O[C@H]1CCC(=O)[C@@]1(C)CCO[Si](c1ccccc1)(c1ccccc1)C(C)(C)C. The molecule has 1 aliphatic rings. The van der Waals surface area contributed by atoms with Gasteiger partial charge in [0.1, 0.15) is 5.78 Å². The van der Waals surface area contributed by atoms with Crippen molar-refractivity contribution in [2.75, 3.05) is 6.61 Å². The summed E-state index contributed by atoms with van der Waals surface area (Å²) in [6, 6.07) is 21.5. The predicted molar refractivity (Wildman–Crippen MR) is 153 cm³/mol. The summed E-state index contributed by atoms with van der Waals surface area (Å²) in [5.74, 6) is 0.326. The minimum absolute atomic E-state index is 0.0290. The van der Waals surface area contributed by atoms with Gasteiger partial charge in [0, 0.05) is 13.0 Å². The van der Waals surface area contributed by atoms with E-state index in [0.29, 0.717) is 25.2 Å². The van der Waals surface area contributed by atoms with Gasteiger partial charge in [-0.2, -0.15) is 0 Å². The molecule has 3 nitrogen and oxygen atoms in total. The average Bonchev–Trinajstić information content (AvgIpc) is 3.04. The molecule has 0 spiro atoms. The molecular formula is C30H46O3Si2. The summed E-state index contributed by atoms with van der Waals surface area (Å²) in [4.78, 5) is 13.2. The highest BCUT2D eigenvalue weighted by molar-refractivity contribution is 6.99. The summed E-state index contributed by atoms with van der Waals surface area (Å²) in [5.41, 5.74) is -0.499. The van der Waals surface area contributed by atoms with Gasteiger partial charge in [-0.1, -0.05) is 109 Å². The Bertz CT molecular complexity index is 950. The zero-order valence-corrected chi connectivity index (χ0v) is 25.4. The highest BCUT2D eigenvalue weighted by Crippen LogP contribution is 2.46. The summed E-state index contributed by atoms with van der Waals surface area (Å²) >= 11 is 0. The second-order valence-corrected chi connectivity index (χ2v) is 22.1. The Morgan fingerprint density at radius 3 is 1.77 bits per heavy atom. The summed E-state index contributed by atoms with van der Waals surface area (Å²) in [7, 11) is -4.60. The molecule has 35 heavy (non-hydrogen) atoms. The Morgan fingerprint density at radius 2 is 1.34 bits per heavy atom. The zero-order valence-electron chi connectivity index (χ0n) is 23.4. The third kappa shape index (κ3) is 5.43. The van der Waals surface area contributed by atoms with Crippen molar-refractivity contribution in [2.24, 2.45) is 5.41 Å². The van der Waals surface area contributed by atoms with Crippen LogP contribution >= 0.6 is 0 Å². The van der Waals surface area contributed by atoms with E-state index in [-0.39, 0.29) is 16.2 Å². The van der Waals surface area contributed by atoms with E-state index >= 15 is 0 Å². The third-order valence-corrected chi connectivity index (χ3v) is 18.1. The maximum atomic E-state index is 13.2. The molecule has 192 valence electrons. The normalized spacial score (nSPS) is 22.0. The van der Waals surface area contributed by atoms with Crippen LogP contribution in [-0.2, 0) is 13.6 Å². The number of benzene rings is 2. The topological polar surface area (TPSA) is 35.5 Å². The number of ketones is 1. The van der Waals surface area contributed by atoms with Crippen molar-refractivity contribution in [1.82, 2.24) is 0 Å². The Balaban J connectivity index is 1.92. The lowest BCUT2D eigenvalue weighted by molar-refractivity contribution is -0.128. The predicted octanol–water partition coefficient (Wildman–Crippen LogP) is 6.71. The number of carbonyl (C=O) groups excluding carboxylic acids is 1. The zero-order chi connectivity index (χ0) is 26.1. The smallest absolute Gasteiger partial charge is 0.261 e. The van der Waals surface area contributed by atoms with Crippen molar-refractivity contribution < 1.29 is 13.6 Å². The quantitative estimate of drug-likeness (QED) is 0.370. The van der Waals surface area contributed by atoms with Crippen molar-refractivity contribution >= 4 is 32.8 Å². The molecule has 1 fully saturated rings. The fourth-order valence-corrected chi connectivity index (χ4v) is 11.3. The van der Waals surface area contributed by atoms with Gasteiger partial charge in [0.2, 0.25) is 0 Å². The molecule has 2 atom stereocenters. The van der Waals surface area contributed by atoms with Crippen LogP contribution in [-0.4, -0.2) is 35.1 Å². The van der Waals surface area contributed by atoms with Crippen molar-refractivity contribution in [3.8, 4) is 0 Å². The molecule has 0 aliphatic heterocycles. The Hall–Kier alpha value is -1.54. The van der Waals surface area contributed by atoms with Gasteiger partial charge in [-0.05, 0) is 46.4 Å². The van der Waals surface area contributed by atoms with E-state index in [1.165, 1.54) is 10.4 Å². The summed E-state index contributed by atoms with van der Waals surface area (Å²) in [5, 5.41) is 2.59. The van der Waals surface area contributed by atoms with Crippen LogP contribution in [0, 0.1) is 5.41 Å². The molecule has 0 saturated heterocycles. The van der Waals surface area contributed by atoms with Gasteiger partial charge in [0.25, 0.3) is 8.32 Å². The van der Waals surface area contributed by atoms with Gasteiger partial charge in [-0.25, -0.2) is 0 Å². The van der Waals surface area contributed by atoms with Crippen molar-refractivity contribution in [3.63, 3.8) is 0 Å². The molecule has 0 aromatic heterocycles. The molecule has 1 saturated carbocycles. The van der Waals surface area contributed by atoms with E-state index in [1.807, 2.05) is 0 Å². The van der Waals surface area contributed by atoms with Gasteiger partial charge < -0.3 is 8.85 Å². The Morgan fingerprint density at radius 1 is 0.857 bits per heavy atom. The fourth-order valence-electron chi connectivity index (χ4n) is 5.25. The Kier molecular flexibility index (Phi) is 8.08. The van der Waals surface area contributed by atoms with E-state index in [9.17, 15) is 4.79 Å². The summed E-state index contributed by atoms with van der Waals surface area (Å²) < 4.78 is 14.0. The second kappa shape index (κ2) is 10.1. The maximum Gasteiger partial charge on any atom is 0.261 e. The lowest BCUT2D eigenvalue weighted by Gasteiger charge is -2.45. The van der Waals surface area contributed by atoms with Crippen molar-refractivity contribution in [3.05, 3.63) is 60.7 Å². The highest BCUT2D eigenvalue weighted by atomic mass is 28.4. The van der Waals surface area contributed by atoms with Gasteiger partial charge in [-0.3, -0.25) is 4.79 Å². The molecule has 0 N–H and O–H groups in total.